The molecule has 0 aromatic carbocycles. The highest BCUT2D eigenvalue weighted by Crippen LogP contribution is 2.12. The molecule has 0 saturated carbocycles. The third-order valence-corrected chi connectivity index (χ3v) is 3.10. The van der Waals surface area contributed by atoms with Crippen LogP contribution >= 0.6 is 11.3 Å². The van der Waals surface area contributed by atoms with Gasteiger partial charge in [-0.1, -0.05) is 6.07 Å². The van der Waals surface area contributed by atoms with Crippen molar-refractivity contribution >= 4 is 17.1 Å². The Bertz CT molecular complexity index is 268. The lowest BCUT2D eigenvalue weighted by Gasteiger charge is -2.21. The Hall–Kier alpha value is -0.670. The minimum absolute atomic E-state index is 0.0158. The van der Waals surface area contributed by atoms with Crippen LogP contribution in [0, 0.1) is 0 Å². The Morgan fingerprint density at radius 2 is 2.38 bits per heavy atom. The maximum Gasteiger partial charge on any atom is 0.146 e. The van der Waals surface area contributed by atoms with Crippen molar-refractivity contribution in [2.75, 3.05) is 7.05 Å². The fourth-order valence-corrected chi connectivity index (χ4v) is 1.86. The van der Waals surface area contributed by atoms with Gasteiger partial charge in [-0.3, -0.25) is 9.69 Å². The lowest BCUT2D eigenvalue weighted by Crippen LogP contribution is -2.33. The molecular formula is C10H15NOS. The molecule has 3 heteroatoms. The number of likely N-dealkylation sites (N-methyl/N-ethyl adjacent to an activating group) is 1. The van der Waals surface area contributed by atoms with E-state index < -0.39 is 0 Å². The van der Waals surface area contributed by atoms with E-state index in [0.717, 1.165) is 6.54 Å². The van der Waals surface area contributed by atoms with Crippen LogP contribution in [0.3, 0.4) is 0 Å². The summed E-state index contributed by atoms with van der Waals surface area (Å²) in [5.74, 6) is 0.221. The highest BCUT2D eigenvalue weighted by atomic mass is 32.1. The molecule has 0 N–H and O–H groups in total. The minimum Gasteiger partial charge on any atom is -0.298 e. The van der Waals surface area contributed by atoms with E-state index in [4.69, 9.17) is 0 Å². The lowest BCUT2D eigenvalue weighted by atomic mass is 10.2. The van der Waals surface area contributed by atoms with Gasteiger partial charge in [-0.25, -0.2) is 0 Å². The van der Waals surface area contributed by atoms with Crippen LogP contribution < -0.4 is 0 Å². The van der Waals surface area contributed by atoms with Gasteiger partial charge in [0.2, 0.25) is 0 Å². The number of Topliss-reactive ketones (excluding diaryl/α,β-unsaturated/α-hetero) is 1. The van der Waals surface area contributed by atoms with Crippen LogP contribution in [0.4, 0.5) is 0 Å². The number of carbonyl (C=O) groups excluding carboxylic acids is 1. The Labute approximate surface area is 83.2 Å². The maximum atomic E-state index is 11.1. The van der Waals surface area contributed by atoms with Gasteiger partial charge in [-0.05, 0) is 32.3 Å². The minimum atomic E-state index is 0.0158. The lowest BCUT2D eigenvalue weighted by molar-refractivity contribution is -0.121. The molecule has 1 atom stereocenters. The van der Waals surface area contributed by atoms with Crippen LogP contribution in [0.2, 0.25) is 0 Å². The molecule has 0 aliphatic heterocycles. The number of rotatable bonds is 4. The molecule has 2 nitrogen and oxygen atoms in total. The Morgan fingerprint density at radius 3 is 2.85 bits per heavy atom. The van der Waals surface area contributed by atoms with E-state index in [-0.39, 0.29) is 11.8 Å². The third kappa shape index (κ3) is 2.94. The first-order valence-corrected chi connectivity index (χ1v) is 5.22. The summed E-state index contributed by atoms with van der Waals surface area (Å²) in [7, 11) is 1.98. The van der Waals surface area contributed by atoms with Crippen molar-refractivity contribution in [3.05, 3.63) is 22.4 Å². The molecule has 0 radical (unpaired) electrons. The van der Waals surface area contributed by atoms with E-state index in [9.17, 15) is 4.79 Å². The summed E-state index contributed by atoms with van der Waals surface area (Å²) in [5, 5.41) is 2.06. The van der Waals surface area contributed by atoms with Gasteiger partial charge < -0.3 is 0 Å². The van der Waals surface area contributed by atoms with Crippen molar-refractivity contribution in [2.24, 2.45) is 0 Å². The molecule has 1 rings (SSSR count). The highest BCUT2D eigenvalue weighted by molar-refractivity contribution is 7.09. The van der Waals surface area contributed by atoms with E-state index >= 15 is 0 Å². The normalized spacial score (nSPS) is 13.2. The summed E-state index contributed by atoms with van der Waals surface area (Å²) in [6.45, 7) is 4.43. The summed E-state index contributed by atoms with van der Waals surface area (Å²) in [6, 6.07) is 4.14. The Kier molecular flexibility index (Phi) is 3.63. The molecule has 1 heterocycles. The quantitative estimate of drug-likeness (QED) is 0.737. The van der Waals surface area contributed by atoms with Gasteiger partial charge >= 0.3 is 0 Å². The predicted octanol–water partition coefficient (Wildman–Crippen LogP) is 2.16. The molecule has 0 saturated heterocycles. The average molecular weight is 197 g/mol. The zero-order chi connectivity index (χ0) is 9.84. The number of nitrogens with zero attached hydrogens (tertiary/aromatic N) is 1. The number of carbonyl (C=O) groups is 1. The van der Waals surface area contributed by atoms with Gasteiger partial charge in [0.15, 0.2) is 0 Å². The molecule has 72 valence electrons. The number of hydrogen-bond acceptors (Lipinski definition) is 3. The monoisotopic (exact) mass is 197 g/mol. The zero-order valence-electron chi connectivity index (χ0n) is 8.28. The summed E-state index contributed by atoms with van der Waals surface area (Å²) in [5.41, 5.74) is 0. The van der Waals surface area contributed by atoms with E-state index in [2.05, 4.69) is 16.3 Å². The number of thiophene rings is 1. The second-order valence-electron chi connectivity index (χ2n) is 3.28. The van der Waals surface area contributed by atoms with Crippen LogP contribution in [0.25, 0.3) is 0 Å². The molecule has 1 aromatic rings. The van der Waals surface area contributed by atoms with Gasteiger partial charge in [0.25, 0.3) is 0 Å². The number of hydrogen-bond donors (Lipinski definition) is 0. The van der Waals surface area contributed by atoms with E-state index in [1.165, 1.54) is 4.88 Å². The first kappa shape index (κ1) is 10.4. The molecule has 1 aromatic heterocycles. The van der Waals surface area contributed by atoms with Crippen molar-refractivity contribution < 1.29 is 4.79 Å². The topological polar surface area (TPSA) is 20.3 Å². The van der Waals surface area contributed by atoms with Gasteiger partial charge in [0.05, 0.1) is 6.04 Å². The zero-order valence-corrected chi connectivity index (χ0v) is 9.10. The molecule has 0 amide bonds. The molecule has 13 heavy (non-hydrogen) atoms. The standard InChI is InChI=1S/C10H15NOS/c1-8(9(2)12)11(3)7-10-5-4-6-13-10/h4-6,8H,7H2,1-3H3. The first-order chi connectivity index (χ1) is 6.11. The second kappa shape index (κ2) is 4.53. The van der Waals surface area contributed by atoms with E-state index in [1.54, 1.807) is 18.3 Å². The average Bonchev–Trinajstić information content (AvgIpc) is 2.55. The molecule has 1 unspecified atom stereocenters. The van der Waals surface area contributed by atoms with Gasteiger partial charge in [-0.15, -0.1) is 11.3 Å². The van der Waals surface area contributed by atoms with Crippen molar-refractivity contribution in [3.63, 3.8) is 0 Å². The van der Waals surface area contributed by atoms with Crippen molar-refractivity contribution in [3.8, 4) is 0 Å². The van der Waals surface area contributed by atoms with Gasteiger partial charge in [0, 0.05) is 11.4 Å². The molecular weight excluding hydrogens is 182 g/mol. The molecule has 0 fully saturated rings. The molecule has 0 bridgehead atoms. The molecule has 0 aliphatic rings. The van der Waals surface area contributed by atoms with Gasteiger partial charge in [-0.2, -0.15) is 0 Å². The second-order valence-corrected chi connectivity index (χ2v) is 4.31. The fourth-order valence-electron chi connectivity index (χ4n) is 1.10. The van der Waals surface area contributed by atoms with Crippen LogP contribution in [0.15, 0.2) is 17.5 Å². The van der Waals surface area contributed by atoms with Crippen molar-refractivity contribution in [2.45, 2.75) is 26.4 Å². The van der Waals surface area contributed by atoms with Crippen LogP contribution in [-0.2, 0) is 11.3 Å². The smallest absolute Gasteiger partial charge is 0.146 e. The highest BCUT2D eigenvalue weighted by Gasteiger charge is 2.13. The summed E-state index contributed by atoms with van der Waals surface area (Å²) in [6.07, 6.45) is 0. The van der Waals surface area contributed by atoms with Gasteiger partial charge in [0.1, 0.15) is 5.78 Å². The SMILES string of the molecule is CC(=O)C(C)N(C)Cc1cccs1. The maximum absolute atomic E-state index is 11.1. The van der Waals surface area contributed by atoms with Crippen LogP contribution in [0.5, 0.6) is 0 Å². The fraction of sp³-hybridized carbons (Fsp3) is 0.500. The van der Waals surface area contributed by atoms with Crippen molar-refractivity contribution in [1.82, 2.24) is 4.90 Å². The third-order valence-electron chi connectivity index (χ3n) is 2.23. The Morgan fingerprint density at radius 1 is 1.69 bits per heavy atom. The molecule has 0 spiro atoms. The largest absolute Gasteiger partial charge is 0.298 e. The predicted molar refractivity (Wildman–Crippen MR) is 55.9 cm³/mol. The molecule has 0 aliphatic carbocycles. The Balaban J connectivity index is 2.50. The summed E-state index contributed by atoms with van der Waals surface area (Å²) >= 11 is 1.73. The van der Waals surface area contributed by atoms with E-state index in [1.807, 2.05) is 20.0 Å². The summed E-state index contributed by atoms with van der Waals surface area (Å²) in [4.78, 5) is 14.4. The number of ketones is 1. The summed E-state index contributed by atoms with van der Waals surface area (Å²) < 4.78 is 0. The van der Waals surface area contributed by atoms with Crippen molar-refractivity contribution in [1.29, 1.82) is 0 Å². The van der Waals surface area contributed by atoms with E-state index in [0.29, 0.717) is 0 Å². The van der Waals surface area contributed by atoms with Crippen LogP contribution in [-0.4, -0.2) is 23.8 Å². The van der Waals surface area contributed by atoms with Crippen LogP contribution in [0.1, 0.15) is 18.7 Å². The first-order valence-electron chi connectivity index (χ1n) is 4.34.